The minimum Gasteiger partial charge on any atom is -0.425 e. The number of piperidine rings is 1. The van der Waals surface area contributed by atoms with Gasteiger partial charge in [0, 0.05) is 25.2 Å². The number of aryl methyl sites for hydroxylation is 1. The van der Waals surface area contributed by atoms with Gasteiger partial charge in [-0.25, -0.2) is 0 Å². The number of hydrogen-bond acceptors (Lipinski definition) is 5. The van der Waals surface area contributed by atoms with Gasteiger partial charge in [-0.2, -0.15) is 5.10 Å². The third kappa shape index (κ3) is 3.15. The Morgan fingerprint density at radius 1 is 1.43 bits per heavy atom. The maximum absolute atomic E-state index is 5.78. The normalized spacial score (nSPS) is 23.5. The minimum atomic E-state index is 0.357. The summed E-state index contributed by atoms with van der Waals surface area (Å²) < 4.78 is 5.78. The van der Waals surface area contributed by atoms with Crippen LogP contribution in [0.15, 0.2) is 16.8 Å². The number of nitrogens with one attached hydrogen (secondary N) is 1. The van der Waals surface area contributed by atoms with Gasteiger partial charge in [0.05, 0.1) is 12.1 Å². The molecule has 0 radical (unpaired) electrons. The first-order valence-corrected chi connectivity index (χ1v) is 7.82. The molecule has 0 bridgehead atoms. The summed E-state index contributed by atoms with van der Waals surface area (Å²) in [4.78, 5) is 2.52. The number of aromatic amines is 1. The first-order chi connectivity index (χ1) is 10.3. The average Bonchev–Trinajstić information content (AvgIpc) is 3.17. The molecule has 0 saturated carbocycles. The zero-order valence-corrected chi connectivity index (χ0v) is 12.7. The van der Waals surface area contributed by atoms with Gasteiger partial charge >= 0.3 is 0 Å². The summed E-state index contributed by atoms with van der Waals surface area (Å²) in [5.41, 5.74) is 1.26. The van der Waals surface area contributed by atoms with Gasteiger partial charge < -0.3 is 4.42 Å². The van der Waals surface area contributed by atoms with Gasteiger partial charge in [0.2, 0.25) is 11.8 Å². The Balaban J connectivity index is 1.63. The summed E-state index contributed by atoms with van der Waals surface area (Å²) in [5, 5.41) is 15.2. The van der Waals surface area contributed by atoms with Crippen LogP contribution in [0.5, 0.6) is 0 Å². The molecule has 1 aliphatic rings. The van der Waals surface area contributed by atoms with Crippen LogP contribution in [0, 0.1) is 0 Å². The molecule has 6 heteroatoms. The first kappa shape index (κ1) is 14.3. The summed E-state index contributed by atoms with van der Waals surface area (Å²) in [6.45, 7) is 6.50. The number of nitrogens with zero attached hydrogens (tertiary/aromatic N) is 4. The molecule has 3 rings (SSSR count). The zero-order chi connectivity index (χ0) is 14.7. The predicted octanol–water partition coefficient (Wildman–Crippen LogP) is 2.17. The molecule has 114 valence electrons. The van der Waals surface area contributed by atoms with Crippen molar-refractivity contribution in [2.75, 3.05) is 13.1 Å². The molecular weight excluding hydrogens is 266 g/mol. The SMILES string of the molecule is CCc1nnc([C@H]2CCCN(CCc3cn[nH]c3)[C@H]2C)o1. The molecular formula is C15H23N5O. The highest BCUT2D eigenvalue weighted by Gasteiger charge is 2.32. The Morgan fingerprint density at radius 2 is 2.33 bits per heavy atom. The Labute approximate surface area is 124 Å². The second kappa shape index (κ2) is 6.39. The fourth-order valence-electron chi connectivity index (χ4n) is 3.11. The second-order valence-electron chi connectivity index (χ2n) is 5.77. The van der Waals surface area contributed by atoms with Crippen molar-refractivity contribution in [3.63, 3.8) is 0 Å². The lowest BCUT2D eigenvalue weighted by Crippen LogP contribution is -2.43. The van der Waals surface area contributed by atoms with Gasteiger partial charge in [0.1, 0.15) is 0 Å². The van der Waals surface area contributed by atoms with Crippen LogP contribution in [0.4, 0.5) is 0 Å². The van der Waals surface area contributed by atoms with Crippen molar-refractivity contribution in [3.05, 3.63) is 29.7 Å². The summed E-state index contributed by atoms with van der Waals surface area (Å²) in [6, 6.07) is 0.441. The minimum absolute atomic E-state index is 0.357. The number of hydrogen-bond donors (Lipinski definition) is 1. The van der Waals surface area contributed by atoms with Crippen LogP contribution in [-0.4, -0.2) is 44.4 Å². The number of H-pyrrole nitrogens is 1. The Bertz CT molecular complexity index is 550. The molecule has 1 N–H and O–H groups in total. The second-order valence-corrected chi connectivity index (χ2v) is 5.77. The van der Waals surface area contributed by atoms with Crippen LogP contribution in [0.2, 0.25) is 0 Å². The highest BCUT2D eigenvalue weighted by Crippen LogP contribution is 2.31. The smallest absolute Gasteiger partial charge is 0.221 e. The Kier molecular flexibility index (Phi) is 4.34. The molecule has 1 saturated heterocycles. The van der Waals surface area contributed by atoms with Gasteiger partial charge in [0.25, 0.3) is 0 Å². The number of aromatic nitrogens is 4. The summed E-state index contributed by atoms with van der Waals surface area (Å²) in [6.07, 6.45) is 8.02. The van der Waals surface area contributed by atoms with Gasteiger partial charge in [-0.3, -0.25) is 10.00 Å². The van der Waals surface area contributed by atoms with Crippen LogP contribution in [0.1, 0.15) is 50.0 Å². The molecule has 21 heavy (non-hydrogen) atoms. The molecule has 2 atom stereocenters. The maximum atomic E-state index is 5.78. The monoisotopic (exact) mass is 289 g/mol. The Hall–Kier alpha value is -1.69. The van der Waals surface area contributed by atoms with Gasteiger partial charge in [0.15, 0.2) is 0 Å². The van der Waals surface area contributed by atoms with E-state index in [4.69, 9.17) is 4.42 Å². The van der Waals surface area contributed by atoms with Crippen LogP contribution in [0.3, 0.4) is 0 Å². The molecule has 0 unspecified atom stereocenters. The maximum Gasteiger partial charge on any atom is 0.221 e. The van der Waals surface area contributed by atoms with Gasteiger partial charge in [-0.15, -0.1) is 10.2 Å². The van der Waals surface area contributed by atoms with E-state index in [0.29, 0.717) is 12.0 Å². The van der Waals surface area contributed by atoms with E-state index in [1.54, 1.807) is 0 Å². The third-order valence-electron chi connectivity index (χ3n) is 4.46. The molecule has 0 aromatic carbocycles. The molecule has 0 spiro atoms. The van der Waals surface area contributed by atoms with Crippen LogP contribution >= 0.6 is 0 Å². The van der Waals surface area contributed by atoms with E-state index < -0.39 is 0 Å². The van der Waals surface area contributed by atoms with E-state index in [0.717, 1.165) is 44.1 Å². The van der Waals surface area contributed by atoms with Crippen molar-refractivity contribution in [3.8, 4) is 0 Å². The largest absolute Gasteiger partial charge is 0.425 e. The lowest BCUT2D eigenvalue weighted by atomic mass is 9.90. The van der Waals surface area contributed by atoms with E-state index in [2.05, 4.69) is 32.2 Å². The molecule has 6 nitrogen and oxygen atoms in total. The molecule has 3 heterocycles. The van der Waals surface area contributed by atoms with E-state index in [1.165, 1.54) is 12.0 Å². The highest BCUT2D eigenvalue weighted by atomic mass is 16.4. The third-order valence-corrected chi connectivity index (χ3v) is 4.46. The summed E-state index contributed by atoms with van der Waals surface area (Å²) in [5.74, 6) is 1.91. The average molecular weight is 289 g/mol. The van der Waals surface area contributed by atoms with E-state index in [1.807, 2.05) is 19.3 Å². The van der Waals surface area contributed by atoms with Crippen LogP contribution in [-0.2, 0) is 12.8 Å². The van der Waals surface area contributed by atoms with E-state index in [9.17, 15) is 0 Å². The summed E-state index contributed by atoms with van der Waals surface area (Å²) >= 11 is 0. The van der Waals surface area contributed by atoms with Crippen LogP contribution < -0.4 is 0 Å². The standard InChI is InChI=1S/C15H23N5O/c1-3-14-18-19-15(21-14)13-5-4-7-20(11(13)2)8-6-12-9-16-17-10-12/h9-11,13H,3-8H2,1-2H3,(H,16,17)/t11-,13-/m0/s1. The van der Waals surface area contributed by atoms with E-state index in [-0.39, 0.29) is 0 Å². The fourth-order valence-corrected chi connectivity index (χ4v) is 3.11. The highest BCUT2D eigenvalue weighted by molar-refractivity contribution is 5.04. The molecule has 0 aliphatic carbocycles. The van der Waals surface area contributed by atoms with Crippen molar-refractivity contribution in [1.82, 2.24) is 25.3 Å². The molecule has 2 aromatic heterocycles. The molecule has 1 aliphatic heterocycles. The lowest BCUT2D eigenvalue weighted by Gasteiger charge is -2.37. The van der Waals surface area contributed by atoms with Crippen molar-refractivity contribution in [2.24, 2.45) is 0 Å². The van der Waals surface area contributed by atoms with Gasteiger partial charge in [-0.1, -0.05) is 6.92 Å². The first-order valence-electron chi connectivity index (χ1n) is 7.82. The Morgan fingerprint density at radius 3 is 3.05 bits per heavy atom. The topological polar surface area (TPSA) is 70.8 Å². The lowest BCUT2D eigenvalue weighted by molar-refractivity contribution is 0.127. The molecule has 2 aromatic rings. The molecule has 1 fully saturated rings. The quantitative estimate of drug-likeness (QED) is 0.913. The van der Waals surface area contributed by atoms with Crippen molar-refractivity contribution < 1.29 is 4.42 Å². The van der Waals surface area contributed by atoms with Crippen molar-refractivity contribution >= 4 is 0 Å². The zero-order valence-electron chi connectivity index (χ0n) is 12.7. The molecule has 0 amide bonds. The fraction of sp³-hybridized carbons (Fsp3) is 0.667. The number of likely N-dealkylation sites (tertiary alicyclic amines) is 1. The van der Waals surface area contributed by atoms with Crippen molar-refractivity contribution in [2.45, 2.75) is 51.5 Å². The summed E-state index contributed by atoms with van der Waals surface area (Å²) in [7, 11) is 0. The van der Waals surface area contributed by atoms with Crippen LogP contribution in [0.25, 0.3) is 0 Å². The predicted molar refractivity (Wildman–Crippen MR) is 79.0 cm³/mol. The van der Waals surface area contributed by atoms with E-state index >= 15 is 0 Å². The number of rotatable bonds is 5. The van der Waals surface area contributed by atoms with Crippen molar-refractivity contribution in [1.29, 1.82) is 0 Å². The van der Waals surface area contributed by atoms with Gasteiger partial charge in [-0.05, 0) is 38.3 Å².